The number of benzene rings is 1. The highest BCUT2D eigenvalue weighted by Gasteiger charge is 2.15. The van der Waals surface area contributed by atoms with Gasteiger partial charge in [0.05, 0.1) is 24.2 Å². The molecule has 1 aromatic carbocycles. The Morgan fingerprint density at radius 2 is 1.76 bits per heavy atom. The summed E-state index contributed by atoms with van der Waals surface area (Å²) in [6.45, 7) is 0.492. The molecule has 166 valence electrons. The van der Waals surface area contributed by atoms with Crippen molar-refractivity contribution >= 4 is 20.9 Å². The molecular formula is C24H20N4O4S. The van der Waals surface area contributed by atoms with E-state index in [2.05, 4.69) is 15.1 Å². The fourth-order valence-corrected chi connectivity index (χ4v) is 4.23. The Hall–Kier alpha value is -3.82. The highest BCUT2D eigenvalue weighted by atomic mass is 32.2. The number of fused-ring (bicyclic) bond motifs is 1. The minimum absolute atomic E-state index is 0.0384. The molecule has 0 fully saturated rings. The zero-order chi connectivity index (χ0) is 23.0. The summed E-state index contributed by atoms with van der Waals surface area (Å²) in [5, 5.41) is 13.3. The van der Waals surface area contributed by atoms with Crippen LogP contribution in [-0.2, 0) is 16.4 Å². The van der Waals surface area contributed by atoms with Gasteiger partial charge in [0.15, 0.2) is 15.4 Å². The summed E-state index contributed by atoms with van der Waals surface area (Å²) in [4.78, 5) is 8.64. The average Bonchev–Trinajstić information content (AvgIpc) is 3.46. The van der Waals surface area contributed by atoms with Crippen LogP contribution in [-0.4, -0.2) is 46.1 Å². The van der Waals surface area contributed by atoms with Crippen molar-refractivity contribution in [1.82, 2.24) is 19.7 Å². The zero-order valence-electron chi connectivity index (χ0n) is 17.7. The lowest BCUT2D eigenvalue weighted by atomic mass is 10.1. The van der Waals surface area contributed by atoms with Gasteiger partial charge in [0, 0.05) is 59.4 Å². The van der Waals surface area contributed by atoms with Crippen LogP contribution in [0.2, 0.25) is 0 Å². The lowest BCUT2D eigenvalue weighted by molar-refractivity contribution is 0.269. The van der Waals surface area contributed by atoms with Crippen molar-refractivity contribution in [2.24, 2.45) is 0 Å². The normalized spacial score (nSPS) is 11.8. The number of furan rings is 1. The third-order valence-corrected chi connectivity index (χ3v) is 6.41. The maximum Gasteiger partial charge on any atom is 0.177 e. The minimum atomic E-state index is -3.38. The highest BCUT2D eigenvalue weighted by Crippen LogP contribution is 2.34. The minimum Gasteiger partial charge on any atom is -0.454 e. The molecule has 0 spiro atoms. The number of nitrogens with zero attached hydrogens (tertiary/aromatic N) is 4. The molecule has 0 unspecified atom stereocenters. The van der Waals surface area contributed by atoms with E-state index < -0.39 is 9.84 Å². The maximum atomic E-state index is 11.9. The molecule has 0 bridgehead atoms. The molecule has 8 nitrogen and oxygen atoms in total. The molecule has 0 aliphatic heterocycles. The Morgan fingerprint density at radius 3 is 2.52 bits per heavy atom. The summed E-state index contributed by atoms with van der Waals surface area (Å²) in [6, 6.07) is 13.1. The fraction of sp³-hybridized carbons (Fsp3) is 0.125. The lowest BCUT2D eigenvalue weighted by Gasteiger charge is -2.04. The van der Waals surface area contributed by atoms with E-state index in [0.29, 0.717) is 29.0 Å². The van der Waals surface area contributed by atoms with Gasteiger partial charge in [-0.1, -0.05) is 24.3 Å². The van der Waals surface area contributed by atoms with Gasteiger partial charge < -0.3 is 9.52 Å². The molecule has 4 heterocycles. The molecule has 0 amide bonds. The standard InChI is InChI=1S/C24H20N4O4S/c1-33(30,31)20-10-18(12-25-14-20)21-6-7-26-22-11-23(32-24(21)22)17-4-2-16(3-5-17)19-13-27-28(15-19)8-9-29/h2-7,10-15,29H,8-9H2,1H3. The van der Waals surface area contributed by atoms with Gasteiger partial charge in [-0.15, -0.1) is 0 Å². The number of hydrogen-bond acceptors (Lipinski definition) is 7. The topological polar surface area (TPSA) is 111 Å². The predicted molar refractivity (Wildman–Crippen MR) is 124 cm³/mol. The molecule has 5 aromatic rings. The first kappa shape index (κ1) is 21.0. The first-order valence-electron chi connectivity index (χ1n) is 10.2. The van der Waals surface area contributed by atoms with E-state index in [1.54, 1.807) is 35.4 Å². The Balaban J connectivity index is 1.51. The highest BCUT2D eigenvalue weighted by molar-refractivity contribution is 7.90. The number of hydrogen-bond donors (Lipinski definition) is 1. The Labute approximate surface area is 190 Å². The molecule has 0 saturated heterocycles. The van der Waals surface area contributed by atoms with E-state index >= 15 is 0 Å². The SMILES string of the molecule is CS(=O)(=O)c1cncc(-c2ccnc3cc(-c4ccc(-c5cnn(CCO)c5)cc4)oc23)c1. The van der Waals surface area contributed by atoms with Crippen LogP contribution in [0.3, 0.4) is 0 Å². The van der Waals surface area contributed by atoms with Crippen LogP contribution in [0.5, 0.6) is 0 Å². The Kier molecular flexibility index (Phi) is 5.27. The van der Waals surface area contributed by atoms with Gasteiger partial charge in [-0.2, -0.15) is 5.10 Å². The molecule has 33 heavy (non-hydrogen) atoms. The number of sulfone groups is 1. The van der Waals surface area contributed by atoms with Crippen LogP contribution < -0.4 is 0 Å². The zero-order valence-corrected chi connectivity index (χ0v) is 18.5. The second kappa shape index (κ2) is 8.27. The summed E-state index contributed by atoms with van der Waals surface area (Å²) in [7, 11) is -3.38. The van der Waals surface area contributed by atoms with Gasteiger partial charge in [-0.05, 0) is 17.7 Å². The first-order chi connectivity index (χ1) is 15.9. The second-order valence-corrected chi connectivity index (χ2v) is 9.67. The summed E-state index contributed by atoms with van der Waals surface area (Å²) >= 11 is 0. The van der Waals surface area contributed by atoms with Gasteiger partial charge in [0.1, 0.15) is 11.3 Å². The summed E-state index contributed by atoms with van der Waals surface area (Å²) in [6.07, 6.45) is 9.42. The molecular weight excluding hydrogens is 440 g/mol. The van der Waals surface area contributed by atoms with Crippen LogP contribution >= 0.6 is 0 Å². The van der Waals surface area contributed by atoms with Crippen LogP contribution in [0.25, 0.3) is 44.7 Å². The molecule has 9 heteroatoms. The number of pyridine rings is 2. The van der Waals surface area contributed by atoms with Crippen molar-refractivity contribution in [3.05, 3.63) is 73.4 Å². The summed E-state index contributed by atoms with van der Waals surface area (Å²) in [5.41, 5.74) is 5.44. The number of aliphatic hydroxyl groups excluding tert-OH is 1. The summed E-state index contributed by atoms with van der Waals surface area (Å²) < 4.78 is 31.7. The largest absolute Gasteiger partial charge is 0.454 e. The molecule has 4 aromatic heterocycles. The smallest absolute Gasteiger partial charge is 0.177 e. The number of aromatic nitrogens is 4. The van der Waals surface area contributed by atoms with Crippen molar-refractivity contribution in [3.63, 3.8) is 0 Å². The molecule has 0 radical (unpaired) electrons. The van der Waals surface area contributed by atoms with Crippen LogP contribution in [0.15, 0.2) is 82.8 Å². The van der Waals surface area contributed by atoms with Gasteiger partial charge in [0.2, 0.25) is 0 Å². The molecule has 0 aliphatic carbocycles. The predicted octanol–water partition coefficient (Wildman–Crippen LogP) is 3.82. The third-order valence-electron chi connectivity index (χ3n) is 5.33. The molecule has 0 saturated carbocycles. The van der Waals surface area contributed by atoms with E-state index in [9.17, 15) is 8.42 Å². The first-order valence-corrected chi connectivity index (χ1v) is 12.1. The van der Waals surface area contributed by atoms with Crippen molar-refractivity contribution < 1.29 is 17.9 Å². The van der Waals surface area contributed by atoms with Crippen molar-refractivity contribution in [1.29, 1.82) is 0 Å². The molecule has 1 N–H and O–H groups in total. The van der Waals surface area contributed by atoms with Crippen molar-refractivity contribution in [2.45, 2.75) is 11.4 Å². The van der Waals surface area contributed by atoms with Crippen molar-refractivity contribution in [2.75, 3.05) is 12.9 Å². The van der Waals surface area contributed by atoms with Crippen molar-refractivity contribution in [3.8, 4) is 33.6 Å². The van der Waals surface area contributed by atoms with Gasteiger partial charge in [-0.3, -0.25) is 14.6 Å². The molecule has 5 rings (SSSR count). The second-order valence-electron chi connectivity index (χ2n) is 7.66. The van der Waals surface area contributed by atoms with Crippen LogP contribution in [0.4, 0.5) is 0 Å². The van der Waals surface area contributed by atoms with E-state index in [1.807, 2.05) is 36.5 Å². The van der Waals surface area contributed by atoms with E-state index in [1.165, 1.54) is 6.20 Å². The molecule has 0 aliphatic rings. The maximum absolute atomic E-state index is 11.9. The van der Waals surface area contributed by atoms with Gasteiger partial charge in [0.25, 0.3) is 0 Å². The summed E-state index contributed by atoms with van der Waals surface area (Å²) in [5.74, 6) is 0.653. The quantitative estimate of drug-likeness (QED) is 0.410. The lowest BCUT2D eigenvalue weighted by Crippen LogP contribution is -2.01. The third kappa shape index (κ3) is 4.15. The monoisotopic (exact) mass is 460 g/mol. The average molecular weight is 461 g/mol. The van der Waals surface area contributed by atoms with E-state index in [-0.39, 0.29) is 11.5 Å². The molecule has 0 atom stereocenters. The Morgan fingerprint density at radius 1 is 0.970 bits per heavy atom. The Bertz CT molecular complexity index is 1550. The number of rotatable bonds is 6. The van der Waals surface area contributed by atoms with E-state index in [0.717, 1.165) is 28.5 Å². The van der Waals surface area contributed by atoms with Crippen LogP contribution in [0, 0.1) is 0 Å². The van der Waals surface area contributed by atoms with E-state index in [4.69, 9.17) is 9.52 Å². The van der Waals surface area contributed by atoms with Gasteiger partial charge >= 0.3 is 0 Å². The number of aliphatic hydroxyl groups is 1. The van der Waals surface area contributed by atoms with Crippen LogP contribution in [0.1, 0.15) is 0 Å². The fourth-order valence-electron chi connectivity index (χ4n) is 3.64. The van der Waals surface area contributed by atoms with Gasteiger partial charge in [-0.25, -0.2) is 8.42 Å².